The van der Waals surface area contributed by atoms with Crippen LogP contribution in [0.1, 0.15) is 52.4 Å². The predicted molar refractivity (Wildman–Crippen MR) is 82.3 cm³/mol. The maximum Gasteiger partial charge on any atom is 0.0329 e. The minimum absolute atomic E-state index is 0.274. The highest BCUT2D eigenvalue weighted by Gasteiger charge is 2.41. The van der Waals surface area contributed by atoms with E-state index in [1.165, 1.54) is 58.2 Å². The number of nitrogens with two attached hydrogens (primary N) is 1. The molecule has 2 fully saturated rings. The van der Waals surface area contributed by atoms with Gasteiger partial charge in [-0.15, -0.1) is 0 Å². The van der Waals surface area contributed by atoms with Crippen molar-refractivity contribution in [2.75, 3.05) is 33.2 Å². The number of hydrogen-bond acceptors (Lipinski definition) is 3. The van der Waals surface area contributed by atoms with Gasteiger partial charge in [-0.05, 0) is 51.6 Å². The maximum atomic E-state index is 6.18. The summed E-state index contributed by atoms with van der Waals surface area (Å²) in [5.41, 5.74) is 6.45. The van der Waals surface area contributed by atoms with Crippen molar-refractivity contribution in [3.05, 3.63) is 0 Å². The summed E-state index contributed by atoms with van der Waals surface area (Å²) in [6.45, 7) is 9.26. The van der Waals surface area contributed by atoms with Gasteiger partial charge in [-0.25, -0.2) is 0 Å². The zero-order valence-electron chi connectivity index (χ0n) is 13.2. The molecule has 0 bridgehead atoms. The third-order valence-electron chi connectivity index (χ3n) is 5.77. The van der Waals surface area contributed by atoms with Gasteiger partial charge >= 0.3 is 0 Å². The number of likely N-dealkylation sites (tertiary alicyclic amines) is 2. The van der Waals surface area contributed by atoms with E-state index < -0.39 is 0 Å². The van der Waals surface area contributed by atoms with Crippen molar-refractivity contribution < 1.29 is 0 Å². The Labute approximate surface area is 119 Å². The Morgan fingerprint density at radius 2 is 2.00 bits per heavy atom. The van der Waals surface area contributed by atoms with Crippen molar-refractivity contribution in [1.29, 1.82) is 0 Å². The van der Waals surface area contributed by atoms with E-state index in [4.69, 9.17) is 5.73 Å². The van der Waals surface area contributed by atoms with Gasteiger partial charge in [0.25, 0.3) is 0 Å². The summed E-state index contributed by atoms with van der Waals surface area (Å²) in [6.07, 6.45) is 7.84. The Kier molecular flexibility index (Phi) is 5.27. The van der Waals surface area contributed by atoms with Crippen molar-refractivity contribution in [2.24, 2.45) is 11.7 Å². The van der Waals surface area contributed by atoms with Crippen LogP contribution < -0.4 is 5.73 Å². The molecule has 0 aromatic carbocycles. The smallest absolute Gasteiger partial charge is 0.0329 e. The molecule has 19 heavy (non-hydrogen) atoms. The zero-order chi connectivity index (χ0) is 13.9. The molecule has 3 nitrogen and oxygen atoms in total. The van der Waals surface area contributed by atoms with Gasteiger partial charge < -0.3 is 10.6 Å². The molecule has 0 aromatic rings. The fourth-order valence-corrected chi connectivity index (χ4v) is 4.48. The highest BCUT2D eigenvalue weighted by Crippen LogP contribution is 2.35. The average Bonchev–Trinajstić information content (AvgIpc) is 2.45. The molecule has 2 rings (SSSR count). The largest absolute Gasteiger partial charge is 0.329 e. The predicted octanol–water partition coefficient (Wildman–Crippen LogP) is 2.31. The first-order valence-electron chi connectivity index (χ1n) is 8.32. The van der Waals surface area contributed by atoms with Gasteiger partial charge in [-0.2, -0.15) is 0 Å². The second-order valence-corrected chi connectivity index (χ2v) is 6.72. The monoisotopic (exact) mass is 267 g/mol. The van der Waals surface area contributed by atoms with E-state index in [0.717, 1.165) is 18.5 Å². The molecule has 3 atom stereocenters. The summed E-state index contributed by atoms with van der Waals surface area (Å²) in [5, 5.41) is 0. The van der Waals surface area contributed by atoms with Crippen molar-refractivity contribution in [1.82, 2.24) is 9.80 Å². The Balaban J connectivity index is 2.06. The van der Waals surface area contributed by atoms with Crippen LogP contribution in [-0.4, -0.2) is 54.6 Å². The van der Waals surface area contributed by atoms with E-state index in [1.807, 2.05) is 0 Å². The Morgan fingerprint density at radius 1 is 1.21 bits per heavy atom. The molecule has 2 N–H and O–H groups in total. The molecule has 0 radical (unpaired) electrons. The van der Waals surface area contributed by atoms with Crippen LogP contribution in [0.3, 0.4) is 0 Å². The molecular formula is C16H33N3. The summed E-state index contributed by atoms with van der Waals surface area (Å²) in [7, 11) is 2.31. The number of fused-ring (bicyclic) bond motifs is 1. The molecule has 3 unspecified atom stereocenters. The molecule has 2 aliphatic rings. The first-order chi connectivity index (χ1) is 9.16. The van der Waals surface area contributed by atoms with E-state index in [1.54, 1.807) is 0 Å². The van der Waals surface area contributed by atoms with E-state index in [9.17, 15) is 0 Å². The molecule has 0 aliphatic carbocycles. The third kappa shape index (κ3) is 2.98. The van der Waals surface area contributed by atoms with E-state index >= 15 is 0 Å². The Morgan fingerprint density at radius 3 is 2.63 bits per heavy atom. The van der Waals surface area contributed by atoms with Crippen LogP contribution in [-0.2, 0) is 0 Å². The van der Waals surface area contributed by atoms with Gasteiger partial charge in [0.05, 0.1) is 0 Å². The molecular weight excluding hydrogens is 234 g/mol. The second-order valence-electron chi connectivity index (χ2n) is 6.72. The Hall–Kier alpha value is -0.120. The van der Waals surface area contributed by atoms with Gasteiger partial charge in [-0.1, -0.05) is 20.3 Å². The van der Waals surface area contributed by atoms with Gasteiger partial charge in [-0.3, -0.25) is 4.90 Å². The summed E-state index contributed by atoms with van der Waals surface area (Å²) in [4.78, 5) is 5.35. The lowest BCUT2D eigenvalue weighted by atomic mass is 9.80. The van der Waals surface area contributed by atoms with Crippen molar-refractivity contribution in [2.45, 2.75) is 64.0 Å². The summed E-state index contributed by atoms with van der Waals surface area (Å²) in [5.74, 6) is 0.877. The molecule has 0 spiro atoms. The standard InChI is InChI=1S/C16H33N3/c1-4-9-16(5-2,13-17)19-11-8-15-14(12-19)7-6-10-18(15)3/h14-15H,4-13,17H2,1-3H3. The first-order valence-corrected chi connectivity index (χ1v) is 8.32. The van der Waals surface area contributed by atoms with Crippen LogP contribution in [0.2, 0.25) is 0 Å². The van der Waals surface area contributed by atoms with Crippen LogP contribution in [0.15, 0.2) is 0 Å². The number of rotatable bonds is 5. The molecule has 112 valence electrons. The maximum absolute atomic E-state index is 6.18. The minimum Gasteiger partial charge on any atom is -0.329 e. The van der Waals surface area contributed by atoms with Crippen LogP contribution in [0.5, 0.6) is 0 Å². The van der Waals surface area contributed by atoms with Gasteiger partial charge in [0, 0.05) is 31.2 Å². The number of nitrogens with zero attached hydrogens (tertiary/aromatic N) is 2. The van der Waals surface area contributed by atoms with Crippen molar-refractivity contribution in [3.8, 4) is 0 Å². The molecule has 2 heterocycles. The van der Waals surface area contributed by atoms with Gasteiger partial charge in [0.1, 0.15) is 0 Å². The van der Waals surface area contributed by atoms with Crippen molar-refractivity contribution >= 4 is 0 Å². The molecule has 0 saturated carbocycles. The fourth-order valence-electron chi connectivity index (χ4n) is 4.48. The highest BCUT2D eigenvalue weighted by atomic mass is 15.2. The third-order valence-corrected chi connectivity index (χ3v) is 5.77. The van der Waals surface area contributed by atoms with Crippen LogP contribution >= 0.6 is 0 Å². The fraction of sp³-hybridized carbons (Fsp3) is 1.00. The molecule has 0 aromatic heterocycles. The van der Waals surface area contributed by atoms with Crippen LogP contribution in [0.25, 0.3) is 0 Å². The van der Waals surface area contributed by atoms with E-state index in [0.29, 0.717) is 0 Å². The summed E-state index contributed by atoms with van der Waals surface area (Å²) >= 11 is 0. The normalized spacial score (nSPS) is 32.8. The summed E-state index contributed by atoms with van der Waals surface area (Å²) < 4.78 is 0. The highest BCUT2D eigenvalue weighted by molar-refractivity contribution is 4.97. The zero-order valence-corrected chi connectivity index (χ0v) is 13.2. The SMILES string of the molecule is CCCC(CC)(CN)N1CCC2C(CCCN2C)C1. The molecule has 2 aliphatic heterocycles. The van der Waals surface area contributed by atoms with Crippen molar-refractivity contribution in [3.63, 3.8) is 0 Å². The lowest BCUT2D eigenvalue weighted by Crippen LogP contribution is -2.61. The Bertz CT molecular complexity index is 275. The molecule has 3 heteroatoms. The van der Waals surface area contributed by atoms with Crippen LogP contribution in [0, 0.1) is 5.92 Å². The lowest BCUT2D eigenvalue weighted by molar-refractivity contribution is -0.0194. The average molecular weight is 267 g/mol. The number of piperidine rings is 2. The van der Waals surface area contributed by atoms with E-state index in [-0.39, 0.29) is 5.54 Å². The molecule has 0 amide bonds. The summed E-state index contributed by atoms with van der Waals surface area (Å²) in [6, 6.07) is 0.832. The minimum atomic E-state index is 0.274. The van der Waals surface area contributed by atoms with Gasteiger partial charge in [0.15, 0.2) is 0 Å². The topological polar surface area (TPSA) is 32.5 Å². The van der Waals surface area contributed by atoms with Gasteiger partial charge in [0.2, 0.25) is 0 Å². The number of hydrogen-bond donors (Lipinski definition) is 1. The quantitative estimate of drug-likeness (QED) is 0.829. The van der Waals surface area contributed by atoms with E-state index in [2.05, 4.69) is 30.7 Å². The lowest BCUT2D eigenvalue weighted by Gasteiger charge is -2.52. The second kappa shape index (κ2) is 6.55. The van der Waals surface area contributed by atoms with Crippen LogP contribution in [0.4, 0.5) is 0 Å². The first kappa shape index (κ1) is 15.3. The molecule has 2 saturated heterocycles.